The van der Waals surface area contributed by atoms with Crippen LogP contribution in [0.2, 0.25) is 0 Å². The van der Waals surface area contributed by atoms with Crippen molar-refractivity contribution in [2.75, 3.05) is 5.73 Å². The summed E-state index contributed by atoms with van der Waals surface area (Å²) in [5, 5.41) is 0.698. The first-order valence-corrected chi connectivity index (χ1v) is 7.27. The Morgan fingerprint density at radius 3 is 3.12 bits per heavy atom. The van der Waals surface area contributed by atoms with Crippen LogP contribution in [0.5, 0.6) is 0 Å². The van der Waals surface area contributed by atoms with Crippen LogP contribution in [0.15, 0.2) is 22.7 Å². The average molecular weight is 309 g/mol. The Hall–Kier alpha value is -0.870. The quantitative estimate of drug-likeness (QED) is 0.868. The molecule has 1 aromatic heterocycles. The second-order valence-electron chi connectivity index (χ2n) is 4.48. The molecule has 2 aromatic rings. The zero-order valence-electron chi connectivity index (χ0n) is 9.53. The summed E-state index contributed by atoms with van der Waals surface area (Å²) in [6, 6.07) is 6.53. The van der Waals surface area contributed by atoms with E-state index in [0.29, 0.717) is 11.0 Å². The number of nitrogen functional groups attached to an aromatic ring is 1. The first kappa shape index (κ1) is 11.2. The van der Waals surface area contributed by atoms with Gasteiger partial charge >= 0.3 is 0 Å². The number of hydrogen-bond acceptors (Lipinski definition) is 3. The molecule has 1 unspecified atom stereocenters. The molecule has 1 aliphatic carbocycles. The smallest absolute Gasteiger partial charge is 0.180 e. The number of anilines is 1. The summed E-state index contributed by atoms with van der Waals surface area (Å²) in [6.07, 6.45) is 2.20. The molecule has 17 heavy (non-hydrogen) atoms. The molecule has 4 heteroatoms. The molecule has 0 fully saturated rings. The third-order valence-corrected chi connectivity index (χ3v) is 5.02. The summed E-state index contributed by atoms with van der Waals surface area (Å²) in [6.45, 7) is 2.13. The average Bonchev–Trinajstić information content (AvgIpc) is 2.80. The lowest BCUT2D eigenvalue weighted by Crippen LogP contribution is -1.96. The highest BCUT2D eigenvalue weighted by Gasteiger charge is 2.29. The van der Waals surface area contributed by atoms with Crippen LogP contribution >= 0.6 is 27.3 Å². The summed E-state index contributed by atoms with van der Waals surface area (Å²) < 4.78 is 1.19. The number of nitrogens with two attached hydrogens (primary N) is 1. The number of benzene rings is 1. The Morgan fingerprint density at radius 2 is 2.29 bits per heavy atom. The molecular weight excluding hydrogens is 296 g/mol. The number of nitrogens with zero attached hydrogens (tertiary/aromatic N) is 1. The number of rotatable bonds is 1. The molecule has 88 valence electrons. The highest BCUT2D eigenvalue weighted by Crippen LogP contribution is 2.44. The molecule has 2 N–H and O–H groups in total. The lowest BCUT2D eigenvalue weighted by Gasteiger charge is -2.13. The molecule has 0 saturated heterocycles. The molecule has 0 saturated carbocycles. The maximum atomic E-state index is 5.79. The van der Waals surface area contributed by atoms with Crippen molar-refractivity contribution >= 4 is 32.4 Å². The Bertz CT molecular complexity index is 577. The molecule has 0 spiro atoms. The standard InChI is InChI=1S/C13H13BrN2S/c1-7-2-4-10(14)9(6-7)8-3-5-11-12(8)17-13(15)16-11/h2,4,6,8H,3,5H2,1H3,(H2,15,16). The van der Waals surface area contributed by atoms with Gasteiger partial charge in [-0.05, 0) is 31.4 Å². The minimum atomic E-state index is 0.467. The summed E-state index contributed by atoms with van der Waals surface area (Å²) in [4.78, 5) is 5.76. The van der Waals surface area contributed by atoms with Crippen molar-refractivity contribution in [3.8, 4) is 0 Å². The molecule has 0 aliphatic heterocycles. The van der Waals surface area contributed by atoms with E-state index in [1.807, 2.05) is 0 Å². The third-order valence-electron chi connectivity index (χ3n) is 3.26. The van der Waals surface area contributed by atoms with Gasteiger partial charge in [-0.25, -0.2) is 4.98 Å². The largest absolute Gasteiger partial charge is 0.375 e. The maximum Gasteiger partial charge on any atom is 0.180 e. The van der Waals surface area contributed by atoms with E-state index in [2.05, 4.69) is 46.0 Å². The van der Waals surface area contributed by atoms with E-state index in [0.717, 1.165) is 12.8 Å². The highest BCUT2D eigenvalue weighted by atomic mass is 79.9. The molecular formula is C13H13BrN2S. The van der Waals surface area contributed by atoms with Crippen LogP contribution in [0.4, 0.5) is 5.13 Å². The monoisotopic (exact) mass is 308 g/mol. The van der Waals surface area contributed by atoms with Crippen LogP contribution in [0.25, 0.3) is 0 Å². The van der Waals surface area contributed by atoms with Gasteiger partial charge in [0.25, 0.3) is 0 Å². The van der Waals surface area contributed by atoms with Crippen LogP contribution in [0.3, 0.4) is 0 Å². The van der Waals surface area contributed by atoms with Gasteiger partial charge in [0, 0.05) is 15.3 Å². The number of fused-ring (bicyclic) bond motifs is 1. The summed E-state index contributed by atoms with van der Waals surface area (Å²) in [5.74, 6) is 0.467. The topological polar surface area (TPSA) is 38.9 Å². The summed E-state index contributed by atoms with van der Waals surface area (Å²) >= 11 is 5.29. The molecule has 2 nitrogen and oxygen atoms in total. The van der Waals surface area contributed by atoms with Crippen molar-refractivity contribution < 1.29 is 0 Å². The van der Waals surface area contributed by atoms with E-state index in [-0.39, 0.29) is 0 Å². The van der Waals surface area contributed by atoms with E-state index in [9.17, 15) is 0 Å². The second-order valence-corrected chi connectivity index (χ2v) is 6.40. The van der Waals surface area contributed by atoms with Crippen LogP contribution in [0, 0.1) is 6.92 Å². The molecule has 1 aromatic carbocycles. The van der Waals surface area contributed by atoms with E-state index < -0.39 is 0 Å². The van der Waals surface area contributed by atoms with Crippen molar-refractivity contribution in [3.05, 3.63) is 44.4 Å². The van der Waals surface area contributed by atoms with Crippen LogP contribution < -0.4 is 5.73 Å². The minimum absolute atomic E-state index is 0.467. The van der Waals surface area contributed by atoms with Crippen molar-refractivity contribution in [2.24, 2.45) is 0 Å². The number of aryl methyl sites for hydroxylation is 2. The fraction of sp³-hybridized carbons (Fsp3) is 0.308. The van der Waals surface area contributed by atoms with Gasteiger partial charge in [-0.15, -0.1) is 11.3 Å². The second kappa shape index (κ2) is 4.10. The van der Waals surface area contributed by atoms with E-state index >= 15 is 0 Å². The van der Waals surface area contributed by atoms with Gasteiger partial charge < -0.3 is 5.73 Å². The molecule has 3 rings (SSSR count). The lowest BCUT2D eigenvalue weighted by molar-refractivity contribution is 0.786. The fourth-order valence-electron chi connectivity index (χ4n) is 2.47. The predicted molar refractivity (Wildman–Crippen MR) is 75.6 cm³/mol. The first-order valence-electron chi connectivity index (χ1n) is 5.66. The summed E-state index contributed by atoms with van der Waals surface area (Å²) in [7, 11) is 0. The van der Waals surface area contributed by atoms with Crippen LogP contribution in [-0.4, -0.2) is 4.98 Å². The van der Waals surface area contributed by atoms with Gasteiger partial charge in [-0.3, -0.25) is 0 Å². The van der Waals surface area contributed by atoms with E-state index in [1.54, 1.807) is 11.3 Å². The van der Waals surface area contributed by atoms with E-state index in [1.165, 1.54) is 26.2 Å². The zero-order chi connectivity index (χ0) is 12.0. The van der Waals surface area contributed by atoms with Gasteiger partial charge in [0.05, 0.1) is 5.69 Å². The molecule has 1 heterocycles. The normalized spacial score (nSPS) is 18.4. The SMILES string of the molecule is Cc1ccc(Br)c(C2CCc3nc(N)sc32)c1. The van der Waals surface area contributed by atoms with Gasteiger partial charge in [0.1, 0.15) is 0 Å². The number of halogens is 1. The van der Waals surface area contributed by atoms with Gasteiger partial charge in [-0.1, -0.05) is 33.6 Å². The number of aromatic nitrogens is 1. The van der Waals surface area contributed by atoms with E-state index in [4.69, 9.17) is 5.73 Å². The van der Waals surface area contributed by atoms with Crippen molar-refractivity contribution in [1.29, 1.82) is 0 Å². The number of hydrogen-bond donors (Lipinski definition) is 1. The zero-order valence-corrected chi connectivity index (χ0v) is 11.9. The molecule has 1 aliphatic rings. The maximum absolute atomic E-state index is 5.79. The van der Waals surface area contributed by atoms with Crippen LogP contribution in [-0.2, 0) is 6.42 Å². The van der Waals surface area contributed by atoms with Gasteiger partial charge in [0.2, 0.25) is 0 Å². The molecule has 0 amide bonds. The number of thiazole rings is 1. The lowest BCUT2D eigenvalue weighted by atomic mass is 9.97. The Balaban J connectivity index is 2.09. The Morgan fingerprint density at radius 1 is 1.47 bits per heavy atom. The Labute approximate surface area is 113 Å². The fourth-order valence-corrected chi connectivity index (χ4v) is 4.03. The van der Waals surface area contributed by atoms with Crippen molar-refractivity contribution in [3.63, 3.8) is 0 Å². The molecule has 1 atom stereocenters. The third kappa shape index (κ3) is 1.89. The predicted octanol–water partition coefficient (Wildman–Crippen LogP) is 3.87. The summed E-state index contributed by atoms with van der Waals surface area (Å²) in [5.41, 5.74) is 9.66. The minimum Gasteiger partial charge on any atom is -0.375 e. The van der Waals surface area contributed by atoms with Crippen molar-refractivity contribution in [1.82, 2.24) is 4.98 Å². The van der Waals surface area contributed by atoms with Gasteiger partial charge in [0.15, 0.2) is 5.13 Å². The highest BCUT2D eigenvalue weighted by molar-refractivity contribution is 9.10. The molecule has 0 bridgehead atoms. The van der Waals surface area contributed by atoms with Gasteiger partial charge in [-0.2, -0.15) is 0 Å². The molecule has 0 radical (unpaired) electrons. The van der Waals surface area contributed by atoms with Crippen LogP contribution in [0.1, 0.15) is 34.0 Å². The Kier molecular flexibility index (Phi) is 2.71. The van der Waals surface area contributed by atoms with Crippen molar-refractivity contribution in [2.45, 2.75) is 25.7 Å². The first-order chi connectivity index (χ1) is 8.15.